The Morgan fingerprint density at radius 2 is 2.11 bits per heavy atom. The van der Waals surface area contributed by atoms with Gasteiger partial charge in [-0.1, -0.05) is 18.5 Å². The summed E-state index contributed by atoms with van der Waals surface area (Å²) < 4.78 is 1.52. The first-order valence-electron chi connectivity index (χ1n) is 5.91. The number of carbonyl (C=O) groups is 1. The molecular weight excluding hydrogens is 266 g/mol. The number of hydrogen-bond acceptors (Lipinski definition) is 2. The van der Waals surface area contributed by atoms with Gasteiger partial charge >= 0.3 is 5.97 Å². The summed E-state index contributed by atoms with van der Waals surface area (Å²) in [6.45, 7) is 1.59. The molecule has 19 heavy (non-hydrogen) atoms. The highest BCUT2D eigenvalue weighted by molar-refractivity contribution is 6.31. The van der Waals surface area contributed by atoms with Crippen molar-refractivity contribution in [3.63, 3.8) is 0 Å². The Morgan fingerprint density at radius 3 is 2.74 bits per heavy atom. The van der Waals surface area contributed by atoms with E-state index >= 15 is 0 Å². The Balaban J connectivity index is 2.59. The van der Waals surface area contributed by atoms with Crippen LogP contribution in [-0.2, 0) is 18.3 Å². The summed E-state index contributed by atoms with van der Waals surface area (Å²) in [7, 11) is 1.67. The average molecular weight is 280 g/mol. The maximum absolute atomic E-state index is 12.2. The second-order valence-corrected chi connectivity index (χ2v) is 5.12. The first kappa shape index (κ1) is 13.6. The minimum absolute atomic E-state index is 0.164. The number of pyridine rings is 1. The lowest BCUT2D eigenvalue weighted by molar-refractivity contribution is -0.141. The highest BCUT2D eigenvalue weighted by Crippen LogP contribution is 2.19. The monoisotopic (exact) mass is 279 g/mol. The van der Waals surface area contributed by atoms with Crippen LogP contribution in [0.3, 0.4) is 0 Å². The number of fused-ring (bicyclic) bond motifs is 1. The van der Waals surface area contributed by atoms with Crippen molar-refractivity contribution in [3.8, 4) is 0 Å². The average Bonchev–Trinajstić information content (AvgIpc) is 2.35. The molecule has 0 saturated carbocycles. The zero-order valence-corrected chi connectivity index (χ0v) is 11.4. The number of carboxylic acid groups (broad SMARTS) is 1. The summed E-state index contributed by atoms with van der Waals surface area (Å²) in [6, 6.07) is 7.00. The fourth-order valence-corrected chi connectivity index (χ4v) is 2.26. The van der Waals surface area contributed by atoms with Crippen LogP contribution in [0.15, 0.2) is 29.1 Å². The van der Waals surface area contributed by atoms with Crippen molar-refractivity contribution in [2.45, 2.75) is 13.3 Å². The van der Waals surface area contributed by atoms with E-state index in [1.807, 2.05) is 0 Å². The minimum atomic E-state index is -0.909. The number of aryl methyl sites for hydroxylation is 1. The molecule has 2 aromatic rings. The van der Waals surface area contributed by atoms with Gasteiger partial charge in [0.1, 0.15) is 0 Å². The molecule has 4 nitrogen and oxygen atoms in total. The summed E-state index contributed by atoms with van der Waals surface area (Å²) in [5.41, 5.74) is 1.11. The number of aromatic nitrogens is 1. The van der Waals surface area contributed by atoms with Crippen LogP contribution >= 0.6 is 11.6 Å². The molecule has 0 bridgehead atoms. The van der Waals surface area contributed by atoms with Gasteiger partial charge in [-0.15, -0.1) is 0 Å². The minimum Gasteiger partial charge on any atom is -0.481 e. The lowest BCUT2D eigenvalue weighted by atomic mass is 10.0. The van der Waals surface area contributed by atoms with Crippen molar-refractivity contribution in [1.29, 1.82) is 0 Å². The molecule has 1 unspecified atom stereocenters. The van der Waals surface area contributed by atoms with E-state index in [4.69, 9.17) is 16.7 Å². The van der Waals surface area contributed by atoms with Crippen molar-refractivity contribution in [1.82, 2.24) is 4.57 Å². The molecule has 0 amide bonds. The van der Waals surface area contributed by atoms with Gasteiger partial charge in [-0.3, -0.25) is 9.59 Å². The third-order valence-corrected chi connectivity index (χ3v) is 3.44. The van der Waals surface area contributed by atoms with E-state index in [0.29, 0.717) is 10.6 Å². The molecule has 0 aliphatic heterocycles. The highest BCUT2D eigenvalue weighted by Gasteiger charge is 2.15. The summed E-state index contributed by atoms with van der Waals surface area (Å²) in [5, 5.41) is 10.4. The summed E-state index contributed by atoms with van der Waals surface area (Å²) >= 11 is 5.94. The third kappa shape index (κ3) is 2.63. The molecule has 2 rings (SSSR count). The number of carboxylic acids is 1. The molecule has 1 N–H and O–H groups in total. The van der Waals surface area contributed by atoms with Gasteiger partial charge in [0.2, 0.25) is 0 Å². The fourth-order valence-electron chi connectivity index (χ4n) is 2.08. The van der Waals surface area contributed by atoms with Crippen molar-refractivity contribution >= 4 is 28.5 Å². The lowest BCUT2D eigenvalue weighted by Crippen LogP contribution is -2.24. The van der Waals surface area contributed by atoms with E-state index < -0.39 is 11.9 Å². The van der Waals surface area contributed by atoms with Gasteiger partial charge < -0.3 is 9.67 Å². The fraction of sp³-hybridized carbons (Fsp3) is 0.286. The topological polar surface area (TPSA) is 59.3 Å². The van der Waals surface area contributed by atoms with Crippen molar-refractivity contribution in [2.24, 2.45) is 13.0 Å². The molecule has 100 valence electrons. The summed E-state index contributed by atoms with van der Waals surface area (Å²) in [6.07, 6.45) is 0.213. The Hall–Kier alpha value is -1.81. The largest absolute Gasteiger partial charge is 0.481 e. The Morgan fingerprint density at radius 1 is 1.42 bits per heavy atom. The number of hydrogen-bond donors (Lipinski definition) is 1. The quantitative estimate of drug-likeness (QED) is 0.939. The summed E-state index contributed by atoms with van der Waals surface area (Å²) in [5.74, 6) is -1.50. The number of halogens is 1. The van der Waals surface area contributed by atoms with Crippen LogP contribution in [0, 0.1) is 5.92 Å². The lowest BCUT2D eigenvalue weighted by Gasteiger charge is -2.10. The first-order valence-corrected chi connectivity index (χ1v) is 6.29. The predicted octanol–water partition coefficient (Wildman–Crippen LogP) is 2.46. The van der Waals surface area contributed by atoms with E-state index in [1.54, 1.807) is 38.2 Å². The van der Waals surface area contributed by atoms with Gasteiger partial charge in [-0.2, -0.15) is 0 Å². The molecule has 1 aromatic carbocycles. The van der Waals surface area contributed by atoms with Gasteiger partial charge in [0.25, 0.3) is 5.56 Å². The zero-order chi connectivity index (χ0) is 14.2. The maximum Gasteiger partial charge on any atom is 0.306 e. The van der Waals surface area contributed by atoms with Crippen LogP contribution in [0.1, 0.15) is 12.5 Å². The third-order valence-electron chi connectivity index (χ3n) is 3.21. The molecule has 0 aliphatic carbocycles. The van der Waals surface area contributed by atoms with Gasteiger partial charge in [0.05, 0.1) is 11.4 Å². The molecule has 0 spiro atoms. The van der Waals surface area contributed by atoms with E-state index in [-0.39, 0.29) is 12.0 Å². The molecule has 0 aliphatic rings. The smallest absolute Gasteiger partial charge is 0.306 e. The molecule has 0 fully saturated rings. The van der Waals surface area contributed by atoms with Crippen LogP contribution < -0.4 is 5.56 Å². The standard InChI is InChI=1S/C14H14ClNO3/c1-8(14(18)19)5-10-6-9-7-11(15)3-4-12(9)16(2)13(10)17/h3-4,6-8H,5H2,1-2H3,(H,18,19). The van der Waals surface area contributed by atoms with Crippen LogP contribution in [0.5, 0.6) is 0 Å². The van der Waals surface area contributed by atoms with Crippen LogP contribution in [-0.4, -0.2) is 15.6 Å². The number of benzene rings is 1. The molecule has 1 heterocycles. The molecule has 0 radical (unpaired) electrons. The molecule has 1 aromatic heterocycles. The number of rotatable bonds is 3. The Bertz CT molecular complexity index is 706. The summed E-state index contributed by atoms with van der Waals surface area (Å²) in [4.78, 5) is 23.1. The van der Waals surface area contributed by atoms with E-state index in [1.165, 1.54) is 4.57 Å². The van der Waals surface area contributed by atoms with Gasteiger partial charge in [-0.25, -0.2) is 0 Å². The van der Waals surface area contributed by atoms with E-state index in [0.717, 1.165) is 10.9 Å². The van der Waals surface area contributed by atoms with Crippen LogP contribution in [0.25, 0.3) is 10.9 Å². The second kappa shape index (κ2) is 5.05. The number of aliphatic carboxylic acids is 1. The van der Waals surface area contributed by atoms with Gasteiger partial charge in [0, 0.05) is 23.0 Å². The Kier molecular flexibility index (Phi) is 3.62. The maximum atomic E-state index is 12.2. The molecule has 1 atom stereocenters. The highest BCUT2D eigenvalue weighted by atomic mass is 35.5. The van der Waals surface area contributed by atoms with Crippen molar-refractivity contribution in [3.05, 3.63) is 45.2 Å². The Labute approximate surface area is 115 Å². The zero-order valence-electron chi connectivity index (χ0n) is 10.7. The molecule has 0 saturated heterocycles. The first-order chi connectivity index (χ1) is 8.90. The SMILES string of the molecule is CC(Cc1cc2cc(Cl)ccc2n(C)c1=O)C(=O)O. The molecule has 5 heteroatoms. The van der Waals surface area contributed by atoms with Gasteiger partial charge in [-0.05, 0) is 30.7 Å². The van der Waals surface area contributed by atoms with Crippen molar-refractivity contribution in [2.75, 3.05) is 0 Å². The predicted molar refractivity (Wildman–Crippen MR) is 74.7 cm³/mol. The van der Waals surface area contributed by atoms with E-state index in [9.17, 15) is 9.59 Å². The molecular formula is C14H14ClNO3. The van der Waals surface area contributed by atoms with E-state index in [2.05, 4.69) is 0 Å². The van der Waals surface area contributed by atoms with Gasteiger partial charge in [0.15, 0.2) is 0 Å². The normalized spacial score (nSPS) is 12.6. The number of nitrogens with zero attached hydrogens (tertiary/aromatic N) is 1. The van der Waals surface area contributed by atoms with Crippen LogP contribution in [0.2, 0.25) is 5.02 Å². The second-order valence-electron chi connectivity index (χ2n) is 4.68. The van der Waals surface area contributed by atoms with Crippen LogP contribution in [0.4, 0.5) is 0 Å². The van der Waals surface area contributed by atoms with Crippen molar-refractivity contribution < 1.29 is 9.90 Å².